The number of amides is 1. The maximum atomic E-state index is 14.3. The molecule has 1 atom stereocenters. The van der Waals surface area contributed by atoms with Crippen molar-refractivity contribution >= 4 is 5.91 Å². The molecule has 0 aliphatic heterocycles. The van der Waals surface area contributed by atoms with Crippen LogP contribution in [-0.2, 0) is 23.7 Å². The molecule has 0 bridgehead atoms. The highest BCUT2D eigenvalue weighted by molar-refractivity contribution is 5.79. The number of nitrogens with zero attached hydrogens (tertiary/aromatic N) is 4. The average Bonchev–Trinajstić information content (AvgIpc) is 3.54. The lowest BCUT2D eigenvalue weighted by atomic mass is 10.0. The highest BCUT2D eigenvalue weighted by Crippen LogP contribution is 2.49. The molecule has 1 unspecified atom stereocenters. The van der Waals surface area contributed by atoms with Gasteiger partial charge in [-0.25, -0.2) is 17.9 Å². The number of nitrogens with two attached hydrogens (primary N) is 2. The number of alkyl halides is 3. The van der Waals surface area contributed by atoms with Crippen molar-refractivity contribution in [3.05, 3.63) is 65.1 Å². The summed E-state index contributed by atoms with van der Waals surface area (Å²) in [6.45, 7) is 1.86. The predicted molar refractivity (Wildman–Crippen MR) is 116 cm³/mol. The Bertz CT molecular complexity index is 1030. The van der Waals surface area contributed by atoms with Crippen LogP contribution in [0.15, 0.2) is 48.2 Å². The number of carbonyl (C=O) groups is 1. The van der Waals surface area contributed by atoms with Crippen LogP contribution in [0.1, 0.15) is 42.6 Å². The zero-order valence-corrected chi connectivity index (χ0v) is 18.3. The van der Waals surface area contributed by atoms with Crippen molar-refractivity contribution in [2.24, 2.45) is 17.4 Å². The van der Waals surface area contributed by atoms with Crippen molar-refractivity contribution in [1.82, 2.24) is 25.3 Å². The summed E-state index contributed by atoms with van der Waals surface area (Å²) in [6, 6.07) is 2.53. The smallest absolute Gasteiger partial charge is 0.276 e. The Morgan fingerprint density at radius 2 is 2.12 bits per heavy atom. The van der Waals surface area contributed by atoms with Gasteiger partial charge in [0.25, 0.3) is 5.92 Å². The van der Waals surface area contributed by atoms with Crippen molar-refractivity contribution in [3.8, 4) is 0 Å². The van der Waals surface area contributed by atoms with E-state index in [1.807, 2.05) is 0 Å². The summed E-state index contributed by atoms with van der Waals surface area (Å²) in [7, 11) is 0. The van der Waals surface area contributed by atoms with Gasteiger partial charge in [-0.3, -0.25) is 9.78 Å². The maximum absolute atomic E-state index is 14.3. The molecule has 2 aromatic rings. The highest BCUT2D eigenvalue weighted by atomic mass is 19.3. The fraction of sp³-hybridized carbons (Fsp3) is 0.455. The van der Waals surface area contributed by atoms with Gasteiger partial charge in [-0.2, -0.15) is 0 Å². The number of rotatable bonds is 11. The van der Waals surface area contributed by atoms with Gasteiger partial charge in [0.15, 0.2) is 0 Å². The van der Waals surface area contributed by atoms with Crippen LogP contribution >= 0.6 is 0 Å². The Morgan fingerprint density at radius 1 is 1.36 bits per heavy atom. The second-order valence-corrected chi connectivity index (χ2v) is 8.24. The maximum Gasteiger partial charge on any atom is 0.276 e. The molecule has 33 heavy (non-hydrogen) atoms. The first kappa shape index (κ1) is 24.3. The Morgan fingerprint density at radius 3 is 2.79 bits per heavy atom. The SMILES string of the molecule is Cc1cn(CC(F)CC/C(N)=C/C=C(\N)NC(=O)Cc2cc(C(F)(F)C3CC3)ccn2)nn1. The molecule has 0 aromatic carbocycles. The lowest BCUT2D eigenvalue weighted by Gasteiger charge is -2.16. The first-order valence-corrected chi connectivity index (χ1v) is 10.7. The quantitative estimate of drug-likeness (QED) is 0.440. The van der Waals surface area contributed by atoms with Crippen LogP contribution in [0.3, 0.4) is 0 Å². The Balaban J connectivity index is 1.45. The summed E-state index contributed by atoms with van der Waals surface area (Å²) in [5.74, 6) is -4.03. The molecule has 1 aliphatic rings. The van der Waals surface area contributed by atoms with Gasteiger partial charge in [0.05, 0.1) is 24.4 Å². The summed E-state index contributed by atoms with van der Waals surface area (Å²) in [6.07, 6.45) is 5.94. The molecule has 8 nitrogen and oxygen atoms in total. The second-order valence-electron chi connectivity index (χ2n) is 8.24. The van der Waals surface area contributed by atoms with Gasteiger partial charge in [-0.1, -0.05) is 5.21 Å². The number of halogens is 3. The highest BCUT2D eigenvalue weighted by Gasteiger charge is 2.48. The van der Waals surface area contributed by atoms with Crippen LogP contribution in [0.5, 0.6) is 0 Å². The lowest BCUT2D eigenvalue weighted by molar-refractivity contribution is -0.119. The van der Waals surface area contributed by atoms with Crippen molar-refractivity contribution in [1.29, 1.82) is 0 Å². The molecule has 1 aliphatic carbocycles. The number of carbonyl (C=O) groups excluding carboxylic acids is 1. The van der Waals surface area contributed by atoms with Crippen molar-refractivity contribution in [2.45, 2.75) is 57.7 Å². The van der Waals surface area contributed by atoms with Crippen LogP contribution < -0.4 is 16.8 Å². The molecule has 2 heterocycles. The van der Waals surface area contributed by atoms with E-state index in [4.69, 9.17) is 11.5 Å². The molecule has 0 radical (unpaired) electrons. The van der Waals surface area contributed by atoms with Crippen molar-refractivity contribution in [3.63, 3.8) is 0 Å². The van der Waals surface area contributed by atoms with Gasteiger partial charge in [-0.15, -0.1) is 5.10 Å². The number of hydrogen-bond acceptors (Lipinski definition) is 6. The van der Waals surface area contributed by atoms with E-state index in [1.165, 1.54) is 35.2 Å². The Hall–Kier alpha value is -3.37. The summed E-state index contributed by atoms with van der Waals surface area (Å²) in [4.78, 5) is 16.2. The Labute approximate surface area is 189 Å². The van der Waals surface area contributed by atoms with Gasteiger partial charge in [0.2, 0.25) is 5.91 Å². The van der Waals surface area contributed by atoms with E-state index in [2.05, 4.69) is 20.6 Å². The molecule has 0 saturated heterocycles. The van der Waals surface area contributed by atoms with Crippen LogP contribution in [0, 0.1) is 12.8 Å². The molecule has 0 spiro atoms. The molecule has 11 heteroatoms. The summed E-state index contributed by atoms with van der Waals surface area (Å²) < 4.78 is 44.0. The first-order valence-electron chi connectivity index (χ1n) is 10.7. The van der Waals surface area contributed by atoms with Gasteiger partial charge in [-0.05, 0) is 56.9 Å². The van der Waals surface area contributed by atoms with Crippen LogP contribution in [0.25, 0.3) is 0 Å². The van der Waals surface area contributed by atoms with Crippen LogP contribution in [0.2, 0.25) is 0 Å². The van der Waals surface area contributed by atoms with Gasteiger partial charge in [0.1, 0.15) is 12.0 Å². The van der Waals surface area contributed by atoms with Crippen molar-refractivity contribution in [2.75, 3.05) is 0 Å². The first-order chi connectivity index (χ1) is 15.6. The molecule has 5 N–H and O–H groups in total. The lowest BCUT2D eigenvalue weighted by Crippen LogP contribution is -2.29. The normalized spacial score (nSPS) is 16.0. The van der Waals surface area contributed by atoms with Crippen molar-refractivity contribution < 1.29 is 18.0 Å². The fourth-order valence-electron chi connectivity index (χ4n) is 3.26. The average molecular weight is 464 g/mol. The topological polar surface area (TPSA) is 125 Å². The summed E-state index contributed by atoms with van der Waals surface area (Å²) >= 11 is 0. The van der Waals surface area contributed by atoms with E-state index in [-0.39, 0.29) is 36.5 Å². The van der Waals surface area contributed by atoms with E-state index in [1.54, 1.807) is 13.1 Å². The third-order valence-corrected chi connectivity index (χ3v) is 5.18. The zero-order chi connectivity index (χ0) is 24.0. The molecule has 178 valence electrons. The molecular weight excluding hydrogens is 435 g/mol. The van der Waals surface area contributed by atoms with Crippen LogP contribution in [0.4, 0.5) is 13.2 Å². The molecular formula is C22H28F3N7O. The third kappa shape index (κ3) is 7.33. The monoisotopic (exact) mass is 463 g/mol. The standard InChI is InChI=1S/C22H28F3N7O/c1-14-12-32(31-30-14)13-17(23)4-5-18(26)6-7-20(27)29-21(33)11-19-10-16(8-9-28-19)22(24,25)15-2-3-15/h6-10,12,15,17H,2-5,11,13,26-27H2,1H3,(H,29,33)/b18-6-,20-7+. The molecule has 1 fully saturated rings. The minimum Gasteiger partial charge on any atom is -0.402 e. The van der Waals surface area contributed by atoms with Gasteiger partial charge >= 0.3 is 0 Å². The number of hydrogen-bond donors (Lipinski definition) is 3. The fourth-order valence-corrected chi connectivity index (χ4v) is 3.26. The van der Waals surface area contributed by atoms with E-state index in [0.717, 1.165) is 0 Å². The predicted octanol–water partition coefficient (Wildman–Crippen LogP) is 2.60. The second kappa shape index (κ2) is 10.5. The zero-order valence-electron chi connectivity index (χ0n) is 18.3. The molecule has 1 amide bonds. The molecule has 2 aromatic heterocycles. The summed E-state index contributed by atoms with van der Waals surface area (Å²) in [5.41, 5.74) is 12.9. The minimum absolute atomic E-state index is 0.0253. The number of allylic oxidation sites excluding steroid dienone is 3. The Kier molecular flexibility index (Phi) is 7.72. The van der Waals surface area contributed by atoms with E-state index >= 15 is 0 Å². The van der Waals surface area contributed by atoms with Gasteiger partial charge in [0, 0.05) is 29.6 Å². The number of aryl methyl sites for hydroxylation is 1. The van der Waals surface area contributed by atoms with E-state index < -0.39 is 23.9 Å². The number of nitrogens with one attached hydrogen (secondary N) is 1. The number of pyridine rings is 1. The minimum atomic E-state index is -2.91. The van der Waals surface area contributed by atoms with Gasteiger partial charge < -0.3 is 16.8 Å². The molecule has 3 rings (SSSR count). The van der Waals surface area contributed by atoms with E-state index in [0.29, 0.717) is 30.7 Å². The number of aromatic nitrogens is 4. The summed E-state index contributed by atoms with van der Waals surface area (Å²) in [5, 5.41) is 10.1. The van der Waals surface area contributed by atoms with Crippen LogP contribution in [-0.4, -0.2) is 32.1 Å². The molecule has 1 saturated carbocycles. The largest absolute Gasteiger partial charge is 0.402 e. The third-order valence-electron chi connectivity index (χ3n) is 5.18. The van der Waals surface area contributed by atoms with E-state index in [9.17, 15) is 18.0 Å².